The Kier molecular flexibility index (Phi) is 10.5. The molecule has 0 bridgehead atoms. The molecule has 0 aliphatic heterocycles. The number of carbonyl (C=O) groups excluding carboxylic acids is 3. The van der Waals surface area contributed by atoms with Gasteiger partial charge in [-0.1, -0.05) is 83.9 Å². The summed E-state index contributed by atoms with van der Waals surface area (Å²) >= 11 is 2.62. The standard InChI is InChI=1S/C37H30N4O3S2/c1-24-11-15-26(16-12-24)19-33(40-35(43)28-7-4-3-5-8-28)36(44)39-29-9-6-10-30(20-29)45-23-34(42)41-37-31(21-38)32(22-46-37)27-17-13-25(2)14-18-27/h3-20,22H,23H2,1-2H3,(H,39,44)(H,40,43)(H,41,42)/b33-19+. The average Bonchev–Trinajstić information content (AvgIpc) is 3.47. The highest BCUT2D eigenvalue weighted by Gasteiger charge is 2.17. The largest absolute Gasteiger partial charge is 0.321 e. The van der Waals surface area contributed by atoms with Crippen LogP contribution in [0.25, 0.3) is 17.2 Å². The maximum Gasteiger partial charge on any atom is 0.272 e. The Bertz CT molecular complexity index is 1940. The van der Waals surface area contributed by atoms with E-state index in [0.29, 0.717) is 21.8 Å². The van der Waals surface area contributed by atoms with Crippen LogP contribution in [0.5, 0.6) is 0 Å². The predicted molar refractivity (Wildman–Crippen MR) is 187 cm³/mol. The molecule has 0 fully saturated rings. The van der Waals surface area contributed by atoms with E-state index in [2.05, 4.69) is 22.0 Å². The molecule has 228 valence electrons. The minimum absolute atomic E-state index is 0.0874. The molecule has 1 aromatic heterocycles. The number of thiophene rings is 1. The summed E-state index contributed by atoms with van der Waals surface area (Å²) in [7, 11) is 0. The lowest BCUT2D eigenvalue weighted by molar-refractivity contribution is -0.114. The number of nitriles is 1. The molecule has 3 N–H and O–H groups in total. The van der Waals surface area contributed by atoms with Crippen LogP contribution >= 0.6 is 23.1 Å². The highest BCUT2D eigenvalue weighted by Crippen LogP contribution is 2.35. The van der Waals surface area contributed by atoms with Crippen LogP contribution in [0.1, 0.15) is 32.6 Å². The Morgan fingerprint density at radius 2 is 1.54 bits per heavy atom. The molecule has 0 spiro atoms. The van der Waals surface area contributed by atoms with Crippen molar-refractivity contribution in [3.63, 3.8) is 0 Å². The Morgan fingerprint density at radius 3 is 2.24 bits per heavy atom. The van der Waals surface area contributed by atoms with Crippen molar-refractivity contribution >= 4 is 57.6 Å². The molecular weight excluding hydrogens is 613 g/mol. The number of carbonyl (C=O) groups is 3. The molecule has 0 saturated carbocycles. The van der Waals surface area contributed by atoms with Crippen molar-refractivity contribution in [3.8, 4) is 17.2 Å². The van der Waals surface area contributed by atoms with E-state index in [9.17, 15) is 19.6 Å². The summed E-state index contributed by atoms with van der Waals surface area (Å²) in [6.07, 6.45) is 1.63. The van der Waals surface area contributed by atoms with E-state index in [-0.39, 0.29) is 17.4 Å². The van der Waals surface area contributed by atoms with E-state index in [1.165, 1.54) is 23.1 Å². The Morgan fingerprint density at radius 1 is 0.848 bits per heavy atom. The van der Waals surface area contributed by atoms with Crippen molar-refractivity contribution in [1.29, 1.82) is 5.26 Å². The zero-order valence-electron chi connectivity index (χ0n) is 25.2. The van der Waals surface area contributed by atoms with E-state index >= 15 is 0 Å². The minimum atomic E-state index is -0.490. The lowest BCUT2D eigenvalue weighted by Gasteiger charge is -2.12. The van der Waals surface area contributed by atoms with Gasteiger partial charge in [0.2, 0.25) is 5.91 Å². The molecule has 0 aliphatic rings. The number of hydrogen-bond donors (Lipinski definition) is 3. The van der Waals surface area contributed by atoms with Gasteiger partial charge in [-0.15, -0.1) is 23.1 Å². The van der Waals surface area contributed by atoms with Crippen LogP contribution in [0.2, 0.25) is 0 Å². The molecule has 3 amide bonds. The maximum atomic E-state index is 13.4. The number of rotatable bonds is 10. The fourth-order valence-electron chi connectivity index (χ4n) is 4.45. The number of amides is 3. The molecule has 0 aliphatic carbocycles. The molecule has 5 aromatic rings. The first-order valence-electron chi connectivity index (χ1n) is 14.4. The van der Waals surface area contributed by atoms with Gasteiger partial charge < -0.3 is 16.0 Å². The van der Waals surface area contributed by atoms with Gasteiger partial charge in [0.25, 0.3) is 11.8 Å². The van der Waals surface area contributed by atoms with Crippen molar-refractivity contribution in [2.45, 2.75) is 18.7 Å². The highest BCUT2D eigenvalue weighted by molar-refractivity contribution is 8.00. The molecule has 9 heteroatoms. The zero-order valence-corrected chi connectivity index (χ0v) is 26.8. The van der Waals surface area contributed by atoms with Gasteiger partial charge in [-0.3, -0.25) is 14.4 Å². The first-order chi connectivity index (χ1) is 22.3. The number of nitrogens with zero attached hydrogens (tertiary/aromatic N) is 1. The van der Waals surface area contributed by atoms with Crippen LogP contribution in [0.15, 0.2) is 119 Å². The molecule has 0 atom stereocenters. The normalized spacial score (nSPS) is 10.9. The van der Waals surface area contributed by atoms with Crippen LogP contribution < -0.4 is 16.0 Å². The summed E-state index contributed by atoms with van der Waals surface area (Å²) in [5.74, 6) is -1.04. The molecule has 4 aromatic carbocycles. The topological polar surface area (TPSA) is 111 Å². The molecule has 0 unspecified atom stereocenters. The zero-order chi connectivity index (χ0) is 32.5. The van der Waals surface area contributed by atoms with Gasteiger partial charge >= 0.3 is 0 Å². The molecule has 7 nitrogen and oxygen atoms in total. The van der Waals surface area contributed by atoms with Crippen molar-refractivity contribution < 1.29 is 14.4 Å². The first kappa shape index (κ1) is 32.0. The smallest absolute Gasteiger partial charge is 0.272 e. The lowest BCUT2D eigenvalue weighted by atomic mass is 10.0. The first-order valence-corrected chi connectivity index (χ1v) is 16.2. The fraction of sp³-hybridized carbons (Fsp3) is 0.0811. The van der Waals surface area contributed by atoms with Gasteiger partial charge in [-0.2, -0.15) is 5.26 Å². The summed E-state index contributed by atoms with van der Waals surface area (Å²) in [4.78, 5) is 40.0. The van der Waals surface area contributed by atoms with E-state index in [0.717, 1.165) is 32.7 Å². The van der Waals surface area contributed by atoms with Gasteiger partial charge in [-0.05, 0) is 61.4 Å². The van der Waals surface area contributed by atoms with Gasteiger partial charge in [0.05, 0.1) is 11.3 Å². The van der Waals surface area contributed by atoms with Crippen LogP contribution in [-0.4, -0.2) is 23.5 Å². The van der Waals surface area contributed by atoms with Gasteiger partial charge in [-0.25, -0.2) is 0 Å². The number of nitrogens with one attached hydrogen (secondary N) is 3. The second-order valence-electron chi connectivity index (χ2n) is 10.4. The second-order valence-corrected chi connectivity index (χ2v) is 12.4. The van der Waals surface area contributed by atoms with Gasteiger partial charge in [0.15, 0.2) is 0 Å². The number of anilines is 2. The second kappa shape index (κ2) is 15.0. The van der Waals surface area contributed by atoms with Crippen LogP contribution in [-0.2, 0) is 9.59 Å². The Hall–Kier alpha value is -5.43. The third kappa shape index (κ3) is 8.39. The number of aryl methyl sites for hydroxylation is 2. The molecule has 1 heterocycles. The summed E-state index contributed by atoms with van der Waals surface area (Å²) in [5, 5.41) is 20.7. The highest BCUT2D eigenvalue weighted by atomic mass is 32.2. The van der Waals surface area contributed by atoms with Gasteiger partial charge in [0, 0.05) is 27.1 Å². The number of thioether (sulfide) groups is 1. The van der Waals surface area contributed by atoms with Crippen LogP contribution in [0.3, 0.4) is 0 Å². The summed E-state index contributed by atoms with van der Waals surface area (Å²) < 4.78 is 0. The third-order valence-corrected chi connectivity index (χ3v) is 8.79. The van der Waals surface area contributed by atoms with Crippen molar-refractivity contribution in [1.82, 2.24) is 5.32 Å². The lowest BCUT2D eigenvalue weighted by Crippen LogP contribution is -2.30. The molecule has 46 heavy (non-hydrogen) atoms. The van der Waals surface area contributed by atoms with E-state index in [1.54, 1.807) is 48.5 Å². The maximum absolute atomic E-state index is 13.4. The molecule has 5 rings (SSSR count). The van der Waals surface area contributed by atoms with Gasteiger partial charge in [0.1, 0.15) is 16.8 Å². The summed E-state index contributed by atoms with van der Waals surface area (Å²) in [5.41, 5.74) is 6.13. The predicted octanol–water partition coefficient (Wildman–Crippen LogP) is 8.04. The Balaban J connectivity index is 1.25. The average molecular weight is 643 g/mol. The van der Waals surface area contributed by atoms with Crippen LogP contribution in [0.4, 0.5) is 10.7 Å². The summed E-state index contributed by atoms with van der Waals surface area (Å²) in [6, 6.07) is 33.5. The third-order valence-electron chi connectivity index (χ3n) is 6.90. The van der Waals surface area contributed by atoms with E-state index in [1.807, 2.05) is 79.9 Å². The van der Waals surface area contributed by atoms with Crippen molar-refractivity contribution in [2.75, 3.05) is 16.4 Å². The molecule has 0 saturated heterocycles. The van der Waals surface area contributed by atoms with E-state index < -0.39 is 11.8 Å². The minimum Gasteiger partial charge on any atom is -0.321 e. The van der Waals surface area contributed by atoms with Crippen molar-refractivity contribution in [3.05, 3.63) is 142 Å². The monoisotopic (exact) mass is 642 g/mol. The fourth-order valence-corrected chi connectivity index (χ4v) is 6.14. The van der Waals surface area contributed by atoms with E-state index in [4.69, 9.17) is 0 Å². The molecule has 0 radical (unpaired) electrons. The quantitative estimate of drug-likeness (QED) is 0.105. The number of hydrogen-bond acceptors (Lipinski definition) is 6. The molecular formula is C37H30N4O3S2. The van der Waals surface area contributed by atoms with Crippen LogP contribution in [0, 0.1) is 25.2 Å². The SMILES string of the molecule is Cc1ccc(/C=C(/NC(=O)c2ccccc2)C(=O)Nc2cccc(SCC(=O)Nc3scc(-c4ccc(C)cc4)c3C#N)c2)cc1. The summed E-state index contributed by atoms with van der Waals surface area (Å²) in [6.45, 7) is 3.98. The van der Waals surface area contributed by atoms with Crippen molar-refractivity contribution in [2.24, 2.45) is 0 Å². The Labute approximate surface area is 276 Å². The number of benzene rings is 4.